The molecule has 11 heteroatoms. The van der Waals surface area contributed by atoms with Gasteiger partial charge in [0.05, 0.1) is 31.2 Å². The van der Waals surface area contributed by atoms with Crippen molar-refractivity contribution in [1.29, 1.82) is 0 Å². The molecule has 1 unspecified atom stereocenters. The minimum atomic E-state index is -0.00473. The third kappa shape index (κ3) is 2.58. The highest BCUT2D eigenvalue weighted by molar-refractivity contribution is 7.13. The van der Waals surface area contributed by atoms with Crippen LogP contribution in [0.1, 0.15) is 31.0 Å². The topological polar surface area (TPSA) is 111 Å². The fraction of sp³-hybridized carbons (Fsp3) is 0.368. The lowest BCUT2D eigenvalue weighted by atomic mass is 10.1. The Labute approximate surface area is 176 Å². The van der Waals surface area contributed by atoms with Gasteiger partial charge in [0.1, 0.15) is 28.3 Å². The molecule has 0 aliphatic carbocycles. The number of hydrogen-bond acceptors (Lipinski definition) is 9. The van der Waals surface area contributed by atoms with Crippen molar-refractivity contribution >= 4 is 17.2 Å². The summed E-state index contributed by atoms with van der Waals surface area (Å²) < 4.78 is 7.87. The highest BCUT2D eigenvalue weighted by Crippen LogP contribution is 2.40. The van der Waals surface area contributed by atoms with Crippen molar-refractivity contribution in [3.8, 4) is 27.8 Å². The van der Waals surface area contributed by atoms with E-state index in [0.29, 0.717) is 19.0 Å². The number of aromatic nitrogens is 8. The number of aryl methyl sites for hydroxylation is 1. The van der Waals surface area contributed by atoms with Crippen LogP contribution in [0.4, 0.5) is 5.82 Å². The minimum Gasteiger partial charge on any atom is -0.377 e. The summed E-state index contributed by atoms with van der Waals surface area (Å²) in [5.41, 5.74) is 2.58. The number of thiazole rings is 1. The van der Waals surface area contributed by atoms with Gasteiger partial charge in [-0.15, -0.1) is 21.5 Å². The van der Waals surface area contributed by atoms with Crippen LogP contribution in [0.2, 0.25) is 0 Å². The molecule has 2 aliphatic rings. The van der Waals surface area contributed by atoms with Gasteiger partial charge in [0.25, 0.3) is 0 Å². The molecule has 10 nitrogen and oxygen atoms in total. The molecule has 4 aromatic rings. The van der Waals surface area contributed by atoms with Gasteiger partial charge in [-0.2, -0.15) is 5.10 Å². The van der Waals surface area contributed by atoms with Crippen LogP contribution >= 0.6 is 11.3 Å². The Morgan fingerprint density at radius 2 is 2.23 bits per heavy atom. The summed E-state index contributed by atoms with van der Waals surface area (Å²) in [7, 11) is 0. The summed E-state index contributed by atoms with van der Waals surface area (Å²) in [6.07, 6.45) is 7.24. The maximum absolute atomic E-state index is 5.76. The Balaban J connectivity index is 1.52. The van der Waals surface area contributed by atoms with Gasteiger partial charge in [-0.1, -0.05) is 6.92 Å². The lowest BCUT2D eigenvalue weighted by molar-refractivity contribution is 0.0894. The molecule has 1 atom stereocenters. The largest absolute Gasteiger partial charge is 0.377 e. The van der Waals surface area contributed by atoms with Crippen LogP contribution in [-0.4, -0.2) is 59.7 Å². The van der Waals surface area contributed by atoms with Crippen LogP contribution in [0.25, 0.3) is 27.8 Å². The van der Waals surface area contributed by atoms with Gasteiger partial charge in [0.15, 0.2) is 17.5 Å². The summed E-state index contributed by atoms with van der Waals surface area (Å²) in [5.74, 6) is 3.33. The Bertz CT molecular complexity index is 1200. The van der Waals surface area contributed by atoms with Gasteiger partial charge in [-0.3, -0.25) is 9.67 Å². The van der Waals surface area contributed by atoms with Crippen LogP contribution in [0.3, 0.4) is 0 Å². The van der Waals surface area contributed by atoms with Crippen molar-refractivity contribution in [2.45, 2.75) is 25.8 Å². The number of hydrogen-bond donors (Lipinski definition) is 1. The van der Waals surface area contributed by atoms with E-state index in [0.717, 1.165) is 58.8 Å². The SMILES string of the molecule is CCCc1nnc2n1-c1cnc(-c3cn[nH]c3-c3nccs3)nc1N1CCOCC21. The molecule has 0 saturated carbocycles. The van der Waals surface area contributed by atoms with Gasteiger partial charge in [0, 0.05) is 24.5 Å². The molecule has 1 saturated heterocycles. The number of morpholine rings is 1. The quantitative estimate of drug-likeness (QED) is 0.535. The highest BCUT2D eigenvalue weighted by atomic mass is 32.1. The molecule has 0 radical (unpaired) electrons. The van der Waals surface area contributed by atoms with Crippen molar-refractivity contribution < 1.29 is 4.74 Å². The second-order valence-corrected chi connectivity index (χ2v) is 8.14. The first-order chi connectivity index (χ1) is 14.8. The molecule has 2 aliphatic heterocycles. The molecule has 1 N–H and O–H groups in total. The standard InChI is InChI=1S/C19H19N9OS/c1-2-3-14-24-26-18-13-10-29-6-5-27(13)17-12(28(14)18)9-21-16(23-17)11-8-22-25-15(11)19-20-4-7-30-19/h4,7-9,13H,2-3,5-6,10H2,1H3,(H,22,25). The monoisotopic (exact) mass is 421 g/mol. The number of aromatic amines is 1. The van der Waals surface area contributed by atoms with Gasteiger partial charge < -0.3 is 9.64 Å². The highest BCUT2D eigenvalue weighted by Gasteiger charge is 2.38. The van der Waals surface area contributed by atoms with Gasteiger partial charge in [-0.25, -0.2) is 15.0 Å². The molecule has 30 heavy (non-hydrogen) atoms. The van der Waals surface area contributed by atoms with Gasteiger partial charge >= 0.3 is 0 Å². The van der Waals surface area contributed by atoms with E-state index in [1.165, 1.54) is 0 Å². The Morgan fingerprint density at radius 3 is 3.10 bits per heavy atom. The zero-order valence-electron chi connectivity index (χ0n) is 16.3. The summed E-state index contributed by atoms with van der Waals surface area (Å²) in [5, 5.41) is 19.0. The van der Waals surface area contributed by atoms with Gasteiger partial charge in [-0.05, 0) is 6.42 Å². The van der Waals surface area contributed by atoms with Crippen molar-refractivity contribution in [1.82, 2.24) is 39.9 Å². The lowest BCUT2D eigenvalue weighted by Crippen LogP contribution is -2.44. The molecule has 4 aromatic heterocycles. The average Bonchev–Trinajstić information content (AvgIpc) is 3.54. The van der Waals surface area contributed by atoms with Crippen molar-refractivity contribution in [3.05, 3.63) is 35.6 Å². The first kappa shape index (κ1) is 17.7. The molecule has 6 rings (SSSR count). The molecule has 1 fully saturated rings. The smallest absolute Gasteiger partial charge is 0.165 e. The van der Waals surface area contributed by atoms with Crippen LogP contribution < -0.4 is 4.90 Å². The summed E-state index contributed by atoms with van der Waals surface area (Å²) in [6, 6.07) is -0.00473. The Hall–Kier alpha value is -3.18. The minimum absolute atomic E-state index is 0.00473. The lowest BCUT2D eigenvalue weighted by Gasteiger charge is -2.40. The first-order valence-electron chi connectivity index (χ1n) is 9.94. The van der Waals surface area contributed by atoms with E-state index in [4.69, 9.17) is 14.7 Å². The van der Waals surface area contributed by atoms with Gasteiger partial charge in [0.2, 0.25) is 0 Å². The molecular formula is C19H19N9OS. The molecule has 0 amide bonds. The van der Waals surface area contributed by atoms with E-state index in [1.807, 2.05) is 11.6 Å². The third-order valence-corrected chi connectivity index (χ3v) is 6.24. The van der Waals surface area contributed by atoms with Crippen LogP contribution in [0, 0.1) is 0 Å². The third-order valence-electron chi connectivity index (χ3n) is 5.44. The predicted molar refractivity (Wildman–Crippen MR) is 111 cm³/mol. The van der Waals surface area contributed by atoms with Crippen molar-refractivity contribution in [2.24, 2.45) is 0 Å². The molecule has 0 bridgehead atoms. The molecule has 6 heterocycles. The molecular weight excluding hydrogens is 402 g/mol. The molecule has 152 valence electrons. The summed E-state index contributed by atoms with van der Waals surface area (Å²) in [6.45, 7) is 4.11. The van der Waals surface area contributed by atoms with E-state index in [9.17, 15) is 0 Å². The van der Waals surface area contributed by atoms with E-state index in [2.05, 4.69) is 41.8 Å². The zero-order valence-corrected chi connectivity index (χ0v) is 17.1. The number of H-pyrrole nitrogens is 1. The summed E-state index contributed by atoms with van der Waals surface area (Å²) in [4.78, 5) is 16.3. The van der Waals surface area contributed by atoms with E-state index < -0.39 is 0 Å². The normalized spacial score (nSPS) is 17.5. The first-order valence-corrected chi connectivity index (χ1v) is 10.8. The number of nitrogens with one attached hydrogen (secondary N) is 1. The number of ether oxygens (including phenoxy) is 1. The van der Waals surface area contributed by atoms with E-state index in [-0.39, 0.29) is 6.04 Å². The fourth-order valence-corrected chi connectivity index (χ4v) is 4.74. The van der Waals surface area contributed by atoms with E-state index >= 15 is 0 Å². The number of nitrogens with zero attached hydrogens (tertiary/aromatic N) is 8. The second-order valence-electron chi connectivity index (χ2n) is 7.24. The fourth-order valence-electron chi connectivity index (χ4n) is 4.10. The molecule has 0 spiro atoms. The Kier molecular flexibility index (Phi) is 4.09. The molecule has 0 aromatic carbocycles. The van der Waals surface area contributed by atoms with E-state index in [1.54, 1.807) is 23.7 Å². The predicted octanol–water partition coefficient (Wildman–Crippen LogP) is 2.41. The van der Waals surface area contributed by atoms with Crippen LogP contribution in [0.15, 0.2) is 24.0 Å². The average molecular weight is 421 g/mol. The summed E-state index contributed by atoms with van der Waals surface area (Å²) >= 11 is 1.55. The van der Waals surface area contributed by atoms with Crippen LogP contribution in [0.5, 0.6) is 0 Å². The van der Waals surface area contributed by atoms with Crippen molar-refractivity contribution in [2.75, 3.05) is 24.7 Å². The maximum Gasteiger partial charge on any atom is 0.165 e. The maximum atomic E-state index is 5.76. The Morgan fingerprint density at radius 1 is 1.27 bits per heavy atom. The zero-order chi connectivity index (χ0) is 20.1. The number of anilines is 1. The number of rotatable bonds is 4. The number of fused-ring (bicyclic) bond motifs is 6. The van der Waals surface area contributed by atoms with Crippen LogP contribution in [-0.2, 0) is 11.2 Å². The van der Waals surface area contributed by atoms with Crippen molar-refractivity contribution in [3.63, 3.8) is 0 Å². The second kappa shape index (κ2) is 6.96.